The van der Waals surface area contributed by atoms with Gasteiger partial charge in [-0.25, -0.2) is 4.98 Å². The summed E-state index contributed by atoms with van der Waals surface area (Å²) in [7, 11) is 0. The molecule has 2 rings (SSSR count). The molecule has 0 bridgehead atoms. The summed E-state index contributed by atoms with van der Waals surface area (Å²) >= 11 is 0. The summed E-state index contributed by atoms with van der Waals surface area (Å²) in [5.74, 6) is 0. The number of aryl methyl sites for hydroxylation is 2. The van der Waals surface area contributed by atoms with Gasteiger partial charge in [-0.1, -0.05) is 0 Å². The van der Waals surface area contributed by atoms with Crippen LogP contribution in [0.2, 0.25) is 0 Å². The quantitative estimate of drug-likeness (QED) is 0.553. The van der Waals surface area contributed by atoms with Crippen LogP contribution in [0.5, 0.6) is 0 Å². The molecule has 0 aromatic carbocycles. The SMILES string of the molecule is Cc1nc2ccnn2nc1C. The highest BCUT2D eigenvalue weighted by Gasteiger charge is 1.99. The van der Waals surface area contributed by atoms with Crippen LogP contribution in [0, 0.1) is 13.8 Å². The van der Waals surface area contributed by atoms with Crippen molar-refractivity contribution in [3.63, 3.8) is 0 Å². The molecule has 2 heterocycles. The lowest BCUT2D eigenvalue weighted by Crippen LogP contribution is -2.01. The zero-order valence-corrected chi connectivity index (χ0v) is 6.44. The van der Waals surface area contributed by atoms with Crippen molar-refractivity contribution in [1.29, 1.82) is 0 Å². The van der Waals surface area contributed by atoms with Gasteiger partial charge >= 0.3 is 0 Å². The van der Waals surface area contributed by atoms with E-state index in [1.165, 1.54) is 4.63 Å². The van der Waals surface area contributed by atoms with Crippen LogP contribution < -0.4 is 0 Å². The van der Waals surface area contributed by atoms with E-state index >= 15 is 0 Å². The lowest BCUT2D eigenvalue weighted by atomic mass is 10.4. The molecule has 0 amide bonds. The third kappa shape index (κ3) is 0.869. The molecule has 0 aliphatic heterocycles. The molecular formula is C7H8N4. The van der Waals surface area contributed by atoms with Gasteiger partial charge in [-0.15, -0.1) is 4.63 Å². The van der Waals surface area contributed by atoms with Crippen LogP contribution in [-0.4, -0.2) is 19.8 Å². The normalized spacial score (nSPS) is 10.7. The number of aromatic nitrogens is 4. The van der Waals surface area contributed by atoms with Crippen LogP contribution in [0.3, 0.4) is 0 Å². The fourth-order valence-electron chi connectivity index (χ4n) is 0.915. The van der Waals surface area contributed by atoms with E-state index < -0.39 is 0 Å². The second-order valence-corrected chi connectivity index (χ2v) is 2.46. The van der Waals surface area contributed by atoms with Crippen molar-refractivity contribution in [2.75, 3.05) is 0 Å². The van der Waals surface area contributed by atoms with Crippen LogP contribution in [0.15, 0.2) is 12.3 Å². The Morgan fingerprint density at radius 1 is 1.27 bits per heavy atom. The first-order valence-corrected chi connectivity index (χ1v) is 3.42. The van der Waals surface area contributed by atoms with Gasteiger partial charge in [0.2, 0.25) is 0 Å². The first kappa shape index (κ1) is 6.27. The van der Waals surface area contributed by atoms with Crippen molar-refractivity contribution >= 4 is 5.65 Å². The van der Waals surface area contributed by atoms with E-state index in [0.717, 1.165) is 17.0 Å². The molecule has 0 fully saturated rings. The lowest BCUT2D eigenvalue weighted by molar-refractivity contribution is 0.754. The Labute approximate surface area is 63.9 Å². The standard InChI is InChI=1S/C7H8N4/c1-5-6(2)10-11-7(9-5)3-4-8-11/h3-4H,1-2H3. The number of rotatable bonds is 0. The Bertz CT molecular complexity index is 354. The molecule has 0 spiro atoms. The van der Waals surface area contributed by atoms with Gasteiger partial charge in [-0.2, -0.15) is 10.2 Å². The molecule has 2 aromatic heterocycles. The summed E-state index contributed by atoms with van der Waals surface area (Å²) in [6.07, 6.45) is 1.69. The van der Waals surface area contributed by atoms with Crippen LogP contribution in [0.4, 0.5) is 0 Å². The van der Waals surface area contributed by atoms with Gasteiger partial charge in [-0.3, -0.25) is 0 Å². The summed E-state index contributed by atoms with van der Waals surface area (Å²) in [5, 5.41) is 8.14. The van der Waals surface area contributed by atoms with Gasteiger partial charge in [0.05, 0.1) is 17.6 Å². The van der Waals surface area contributed by atoms with Crippen LogP contribution in [-0.2, 0) is 0 Å². The van der Waals surface area contributed by atoms with E-state index in [2.05, 4.69) is 15.2 Å². The molecule has 0 saturated carbocycles. The maximum Gasteiger partial charge on any atom is 0.176 e. The minimum Gasteiger partial charge on any atom is -0.230 e. The Hall–Kier alpha value is -1.45. The van der Waals surface area contributed by atoms with Crippen molar-refractivity contribution in [3.8, 4) is 0 Å². The van der Waals surface area contributed by atoms with E-state index in [1.807, 2.05) is 19.9 Å². The fourth-order valence-corrected chi connectivity index (χ4v) is 0.915. The van der Waals surface area contributed by atoms with Gasteiger partial charge in [0.1, 0.15) is 0 Å². The monoisotopic (exact) mass is 148 g/mol. The molecule has 56 valence electrons. The van der Waals surface area contributed by atoms with Gasteiger partial charge in [0.15, 0.2) is 5.65 Å². The molecule has 0 N–H and O–H groups in total. The van der Waals surface area contributed by atoms with Gasteiger partial charge in [0.25, 0.3) is 0 Å². The minimum absolute atomic E-state index is 0.799. The van der Waals surface area contributed by atoms with Gasteiger partial charge < -0.3 is 0 Å². The second kappa shape index (κ2) is 2.02. The lowest BCUT2D eigenvalue weighted by Gasteiger charge is -1.96. The average molecular weight is 148 g/mol. The highest BCUT2D eigenvalue weighted by Crippen LogP contribution is 2.01. The Balaban J connectivity index is 2.86. The largest absolute Gasteiger partial charge is 0.230 e. The highest BCUT2D eigenvalue weighted by molar-refractivity contribution is 5.35. The molecule has 2 aromatic rings. The predicted octanol–water partition coefficient (Wildman–Crippen LogP) is 0.741. The van der Waals surface area contributed by atoms with E-state index in [-0.39, 0.29) is 0 Å². The summed E-state index contributed by atoms with van der Waals surface area (Å²) in [6, 6.07) is 1.83. The molecule has 11 heavy (non-hydrogen) atoms. The third-order valence-electron chi connectivity index (χ3n) is 1.66. The summed E-state index contributed by atoms with van der Waals surface area (Å²) < 4.78 is 1.53. The number of nitrogens with zero attached hydrogens (tertiary/aromatic N) is 4. The van der Waals surface area contributed by atoms with Crippen LogP contribution in [0.1, 0.15) is 11.4 Å². The van der Waals surface area contributed by atoms with Gasteiger partial charge in [-0.05, 0) is 13.8 Å². The van der Waals surface area contributed by atoms with Crippen molar-refractivity contribution in [3.05, 3.63) is 23.7 Å². The second-order valence-electron chi connectivity index (χ2n) is 2.46. The average Bonchev–Trinajstić information content (AvgIpc) is 2.36. The fraction of sp³-hybridized carbons (Fsp3) is 0.286. The van der Waals surface area contributed by atoms with Crippen molar-refractivity contribution in [1.82, 2.24) is 19.8 Å². The van der Waals surface area contributed by atoms with E-state index in [1.54, 1.807) is 6.20 Å². The Morgan fingerprint density at radius 3 is 2.91 bits per heavy atom. The van der Waals surface area contributed by atoms with Crippen molar-refractivity contribution < 1.29 is 0 Å². The minimum atomic E-state index is 0.799. The number of hydrogen-bond donors (Lipinski definition) is 0. The molecule has 4 heteroatoms. The van der Waals surface area contributed by atoms with Crippen molar-refractivity contribution in [2.45, 2.75) is 13.8 Å². The third-order valence-corrected chi connectivity index (χ3v) is 1.66. The number of hydrogen-bond acceptors (Lipinski definition) is 3. The predicted molar refractivity (Wildman–Crippen MR) is 40.3 cm³/mol. The number of fused-ring (bicyclic) bond motifs is 1. The van der Waals surface area contributed by atoms with E-state index in [9.17, 15) is 0 Å². The first-order chi connectivity index (χ1) is 5.27. The molecule has 4 nitrogen and oxygen atoms in total. The smallest absolute Gasteiger partial charge is 0.176 e. The molecular weight excluding hydrogens is 140 g/mol. The molecule has 0 unspecified atom stereocenters. The van der Waals surface area contributed by atoms with E-state index in [0.29, 0.717) is 0 Å². The van der Waals surface area contributed by atoms with E-state index in [4.69, 9.17) is 0 Å². The summed E-state index contributed by atoms with van der Waals surface area (Å²) in [6.45, 7) is 3.86. The van der Waals surface area contributed by atoms with Crippen LogP contribution in [0.25, 0.3) is 5.65 Å². The van der Waals surface area contributed by atoms with Gasteiger partial charge in [0, 0.05) is 6.07 Å². The Kier molecular flexibility index (Phi) is 1.15. The maximum absolute atomic E-state index is 4.27. The molecule has 0 saturated heterocycles. The zero-order valence-electron chi connectivity index (χ0n) is 6.44. The summed E-state index contributed by atoms with van der Waals surface area (Å²) in [4.78, 5) is 4.27. The molecule has 0 aliphatic rings. The molecule has 0 radical (unpaired) electrons. The highest BCUT2D eigenvalue weighted by atomic mass is 15.4. The van der Waals surface area contributed by atoms with Crippen LogP contribution >= 0.6 is 0 Å². The summed E-state index contributed by atoms with van der Waals surface area (Å²) in [5.41, 5.74) is 2.67. The molecule has 0 aliphatic carbocycles. The zero-order chi connectivity index (χ0) is 7.84. The molecule has 0 atom stereocenters. The Morgan fingerprint density at radius 2 is 2.09 bits per heavy atom. The maximum atomic E-state index is 4.27. The first-order valence-electron chi connectivity index (χ1n) is 3.42. The topological polar surface area (TPSA) is 43.1 Å². The van der Waals surface area contributed by atoms with Crippen molar-refractivity contribution in [2.24, 2.45) is 0 Å².